The molecule has 0 radical (unpaired) electrons. The van der Waals surface area contributed by atoms with E-state index in [2.05, 4.69) is 22.5 Å². The molecule has 0 fully saturated rings. The van der Waals surface area contributed by atoms with Gasteiger partial charge in [0.1, 0.15) is 6.04 Å². The monoisotopic (exact) mass is 349 g/mol. The Bertz CT molecular complexity index is 782. The summed E-state index contributed by atoms with van der Waals surface area (Å²) in [5.74, 6) is -0.969. The van der Waals surface area contributed by atoms with Crippen LogP contribution in [-0.2, 0) is 4.79 Å². The zero-order valence-corrected chi connectivity index (χ0v) is 14.2. The van der Waals surface area contributed by atoms with Crippen molar-refractivity contribution in [1.29, 1.82) is 0 Å². The molecule has 0 amide bonds. The van der Waals surface area contributed by atoms with Crippen molar-refractivity contribution in [3.05, 3.63) is 45.0 Å². The summed E-state index contributed by atoms with van der Waals surface area (Å²) in [4.78, 5) is 28.5. The average Bonchev–Trinajstić information content (AvgIpc) is 2.98. The number of nitrogens with zero attached hydrogens (tertiary/aromatic N) is 2. The highest BCUT2D eigenvalue weighted by Crippen LogP contribution is 2.40. The number of hydrogen-bond donors (Lipinski definition) is 2. The van der Waals surface area contributed by atoms with Gasteiger partial charge in [0, 0.05) is 12.5 Å². The molecule has 1 aromatic rings. The normalized spacial score (nSPS) is 22.2. The maximum Gasteiger partial charge on any atom is 0.326 e. The molecule has 3 rings (SSSR count). The number of hydrogen-bond acceptors (Lipinski definition) is 4. The van der Waals surface area contributed by atoms with E-state index in [1.165, 1.54) is 4.57 Å². The Morgan fingerprint density at radius 3 is 2.92 bits per heavy atom. The number of rotatable bonds is 5. The van der Waals surface area contributed by atoms with Crippen molar-refractivity contribution in [3.63, 3.8) is 0 Å². The van der Waals surface area contributed by atoms with Crippen LogP contribution in [0.15, 0.2) is 28.6 Å². The maximum absolute atomic E-state index is 12.7. The summed E-state index contributed by atoms with van der Waals surface area (Å²) < 4.78 is 1.30. The van der Waals surface area contributed by atoms with Crippen LogP contribution in [0.3, 0.4) is 0 Å². The molecule has 24 heavy (non-hydrogen) atoms. The number of anilines is 1. The first-order chi connectivity index (χ1) is 11.5. The molecule has 1 aromatic heterocycles. The summed E-state index contributed by atoms with van der Waals surface area (Å²) in [6, 6.07) is -0.882. The first-order valence-electron chi connectivity index (χ1n) is 8.17. The number of carboxylic acid groups (broad SMARTS) is 1. The molecule has 0 bridgehead atoms. The lowest BCUT2D eigenvalue weighted by Crippen LogP contribution is -2.31. The predicted molar refractivity (Wildman–Crippen MR) is 92.8 cm³/mol. The molecule has 128 valence electrons. The van der Waals surface area contributed by atoms with E-state index >= 15 is 0 Å². The largest absolute Gasteiger partial charge is 0.480 e. The molecule has 2 aliphatic rings. The van der Waals surface area contributed by atoms with Crippen LogP contribution in [0.5, 0.6) is 0 Å². The molecule has 2 heterocycles. The first kappa shape index (κ1) is 16.8. The highest BCUT2D eigenvalue weighted by molar-refractivity contribution is 6.30. The van der Waals surface area contributed by atoms with E-state index < -0.39 is 17.6 Å². The second kappa shape index (κ2) is 6.81. The van der Waals surface area contributed by atoms with Gasteiger partial charge in [-0.2, -0.15) is 0 Å². The molecule has 0 spiro atoms. The summed E-state index contributed by atoms with van der Waals surface area (Å²) >= 11 is 6.28. The molecule has 2 N–H and O–H groups in total. The smallest absolute Gasteiger partial charge is 0.326 e. The molecule has 0 saturated heterocycles. The number of allylic oxidation sites excluding steroid dienone is 2. The van der Waals surface area contributed by atoms with E-state index in [4.69, 9.17) is 11.6 Å². The van der Waals surface area contributed by atoms with Crippen molar-refractivity contribution in [2.75, 3.05) is 11.9 Å². The van der Waals surface area contributed by atoms with Crippen molar-refractivity contribution in [2.24, 2.45) is 0 Å². The van der Waals surface area contributed by atoms with Crippen LogP contribution in [0.1, 0.15) is 50.3 Å². The van der Waals surface area contributed by atoms with Gasteiger partial charge in [-0.15, -0.1) is 0 Å². The van der Waals surface area contributed by atoms with Gasteiger partial charge in [0.2, 0.25) is 0 Å². The Kier molecular flexibility index (Phi) is 4.76. The molecular weight excluding hydrogens is 330 g/mol. The van der Waals surface area contributed by atoms with Crippen molar-refractivity contribution >= 4 is 23.4 Å². The van der Waals surface area contributed by atoms with Crippen molar-refractivity contribution in [1.82, 2.24) is 9.55 Å². The SMILES string of the molecule is CCC1CC(C(=O)O)n2c1c(Cl)nc(NCC1=CCCC=C1)c2=O. The van der Waals surface area contributed by atoms with Gasteiger partial charge in [-0.25, -0.2) is 9.78 Å². The van der Waals surface area contributed by atoms with Crippen LogP contribution in [0.25, 0.3) is 0 Å². The van der Waals surface area contributed by atoms with Crippen molar-refractivity contribution < 1.29 is 9.90 Å². The van der Waals surface area contributed by atoms with Crippen molar-refractivity contribution in [2.45, 2.75) is 44.6 Å². The number of carboxylic acids is 1. The Labute approximate surface area is 144 Å². The van der Waals surface area contributed by atoms with Crippen LogP contribution in [0.2, 0.25) is 5.15 Å². The third-order valence-corrected chi connectivity index (χ3v) is 4.90. The van der Waals surface area contributed by atoms with E-state index in [0.29, 0.717) is 18.7 Å². The van der Waals surface area contributed by atoms with E-state index in [0.717, 1.165) is 24.8 Å². The Balaban J connectivity index is 1.95. The van der Waals surface area contributed by atoms with Gasteiger partial charge < -0.3 is 10.4 Å². The molecule has 1 aliphatic heterocycles. The lowest BCUT2D eigenvalue weighted by molar-refractivity contribution is -0.140. The fourth-order valence-corrected chi connectivity index (χ4v) is 3.69. The van der Waals surface area contributed by atoms with E-state index in [9.17, 15) is 14.7 Å². The Morgan fingerprint density at radius 1 is 1.50 bits per heavy atom. The first-order valence-corrected chi connectivity index (χ1v) is 8.54. The molecule has 7 heteroatoms. The summed E-state index contributed by atoms with van der Waals surface area (Å²) in [6.45, 7) is 2.41. The Hall–Kier alpha value is -2.08. The second-order valence-corrected chi connectivity index (χ2v) is 6.48. The molecule has 2 atom stereocenters. The summed E-state index contributed by atoms with van der Waals surface area (Å²) in [5.41, 5.74) is 1.20. The van der Waals surface area contributed by atoms with Gasteiger partial charge in [-0.3, -0.25) is 9.36 Å². The van der Waals surface area contributed by atoms with Gasteiger partial charge in [0.25, 0.3) is 5.56 Å². The lowest BCUT2D eigenvalue weighted by atomic mass is 9.99. The van der Waals surface area contributed by atoms with Gasteiger partial charge in [-0.05, 0) is 31.3 Å². The van der Waals surface area contributed by atoms with Gasteiger partial charge >= 0.3 is 5.97 Å². The highest BCUT2D eigenvalue weighted by atomic mass is 35.5. The number of carbonyl (C=O) groups is 1. The number of aliphatic carboxylic acids is 1. The van der Waals surface area contributed by atoms with Crippen LogP contribution in [0, 0.1) is 0 Å². The molecule has 1 aliphatic carbocycles. The number of halogens is 1. The summed E-state index contributed by atoms with van der Waals surface area (Å²) in [5, 5.41) is 12.7. The van der Waals surface area contributed by atoms with Crippen LogP contribution >= 0.6 is 11.6 Å². The van der Waals surface area contributed by atoms with Crippen LogP contribution < -0.4 is 10.9 Å². The minimum Gasteiger partial charge on any atom is -0.480 e. The van der Waals surface area contributed by atoms with Crippen LogP contribution in [0.4, 0.5) is 5.82 Å². The number of aromatic nitrogens is 2. The van der Waals surface area contributed by atoms with E-state index in [1.54, 1.807) is 0 Å². The fourth-order valence-electron chi connectivity index (χ4n) is 3.36. The molecule has 6 nitrogen and oxygen atoms in total. The molecule has 2 unspecified atom stereocenters. The van der Waals surface area contributed by atoms with Gasteiger partial charge in [0.05, 0.1) is 5.69 Å². The predicted octanol–water partition coefficient (Wildman–Crippen LogP) is 3.11. The maximum atomic E-state index is 12.7. The van der Waals surface area contributed by atoms with Crippen molar-refractivity contribution in [3.8, 4) is 0 Å². The van der Waals surface area contributed by atoms with Gasteiger partial charge in [-0.1, -0.05) is 36.8 Å². The summed E-state index contributed by atoms with van der Waals surface area (Å²) in [7, 11) is 0. The lowest BCUT2D eigenvalue weighted by Gasteiger charge is -2.15. The van der Waals surface area contributed by atoms with Crippen LogP contribution in [-0.4, -0.2) is 27.2 Å². The Morgan fingerprint density at radius 2 is 2.29 bits per heavy atom. The average molecular weight is 350 g/mol. The minimum absolute atomic E-state index is 0.0585. The third kappa shape index (κ3) is 2.98. The van der Waals surface area contributed by atoms with E-state index in [-0.39, 0.29) is 16.9 Å². The quantitative estimate of drug-likeness (QED) is 0.853. The third-order valence-electron chi connectivity index (χ3n) is 4.62. The van der Waals surface area contributed by atoms with E-state index in [1.807, 2.05) is 13.0 Å². The minimum atomic E-state index is -1.01. The number of nitrogens with one attached hydrogen (secondary N) is 1. The fraction of sp³-hybridized carbons (Fsp3) is 0.471. The topological polar surface area (TPSA) is 84.2 Å². The molecule has 0 aromatic carbocycles. The zero-order chi connectivity index (χ0) is 17.3. The zero-order valence-electron chi connectivity index (χ0n) is 13.5. The highest BCUT2D eigenvalue weighted by Gasteiger charge is 2.38. The second-order valence-electron chi connectivity index (χ2n) is 6.12. The molecule has 0 saturated carbocycles. The van der Waals surface area contributed by atoms with Gasteiger partial charge in [0.15, 0.2) is 11.0 Å². The standard InChI is InChI=1S/C17H20ClN3O3/c1-2-11-8-12(17(23)24)21-13(11)14(18)20-15(16(21)22)19-9-10-6-4-3-5-7-10/h4,6-7,11-12H,2-3,5,8-9H2,1H3,(H,19,20)(H,23,24). The summed E-state index contributed by atoms with van der Waals surface area (Å²) in [6.07, 6.45) is 9.29. The molecular formula is C17H20ClN3O3. The number of fused-ring (bicyclic) bond motifs is 1.